The summed E-state index contributed by atoms with van der Waals surface area (Å²) in [4.78, 5) is 0. The summed E-state index contributed by atoms with van der Waals surface area (Å²) in [5.41, 5.74) is 0.913. The zero-order valence-electron chi connectivity index (χ0n) is 13.1. The molecule has 0 aliphatic heterocycles. The van der Waals surface area contributed by atoms with Crippen LogP contribution >= 0.6 is 46.4 Å². The summed E-state index contributed by atoms with van der Waals surface area (Å²) >= 11 is 23.4. The fraction of sp³-hybridized carbons (Fsp3) is 0.222. The lowest BCUT2D eigenvalue weighted by atomic mass is 10.1. The topological polar surface area (TPSA) is 18.5 Å². The molecule has 0 saturated carbocycles. The van der Waals surface area contributed by atoms with Gasteiger partial charge in [-0.25, -0.2) is 4.39 Å². The van der Waals surface area contributed by atoms with E-state index in [9.17, 15) is 4.39 Å². The van der Waals surface area contributed by atoms with Gasteiger partial charge < -0.3 is 9.47 Å². The SMILES string of the molecule is Fc1cccc(CCCOc2c(Cl)cc(OCC=C(Cl)Cl)cc2Cl)c1. The van der Waals surface area contributed by atoms with E-state index in [0.29, 0.717) is 41.0 Å². The zero-order chi connectivity index (χ0) is 18.2. The van der Waals surface area contributed by atoms with Gasteiger partial charge in [0.05, 0.1) is 16.7 Å². The van der Waals surface area contributed by atoms with Gasteiger partial charge in [0.2, 0.25) is 0 Å². The molecule has 134 valence electrons. The quantitative estimate of drug-likeness (QED) is 0.432. The summed E-state index contributed by atoms with van der Waals surface area (Å²) in [6, 6.07) is 9.69. The highest BCUT2D eigenvalue weighted by Gasteiger charge is 2.10. The third-order valence-corrected chi connectivity index (χ3v) is 4.07. The van der Waals surface area contributed by atoms with Crippen molar-refractivity contribution in [2.24, 2.45) is 0 Å². The maximum absolute atomic E-state index is 13.1. The van der Waals surface area contributed by atoms with Crippen LogP contribution in [0.4, 0.5) is 4.39 Å². The highest BCUT2D eigenvalue weighted by Crippen LogP contribution is 2.37. The molecule has 0 N–H and O–H groups in total. The van der Waals surface area contributed by atoms with E-state index in [1.165, 1.54) is 18.2 Å². The van der Waals surface area contributed by atoms with Crippen LogP contribution in [0.1, 0.15) is 12.0 Å². The van der Waals surface area contributed by atoms with E-state index in [0.717, 1.165) is 5.56 Å². The van der Waals surface area contributed by atoms with Crippen molar-refractivity contribution >= 4 is 46.4 Å². The lowest BCUT2D eigenvalue weighted by Gasteiger charge is -2.12. The molecule has 0 bridgehead atoms. The first-order valence-electron chi connectivity index (χ1n) is 7.46. The van der Waals surface area contributed by atoms with Gasteiger partial charge in [0, 0.05) is 12.1 Å². The van der Waals surface area contributed by atoms with Crippen molar-refractivity contribution in [2.45, 2.75) is 12.8 Å². The number of halogens is 5. The number of hydrogen-bond donors (Lipinski definition) is 0. The van der Waals surface area contributed by atoms with Gasteiger partial charge in [-0.15, -0.1) is 0 Å². The molecule has 0 atom stereocenters. The second-order valence-corrected chi connectivity index (χ2v) is 6.93. The maximum Gasteiger partial charge on any atom is 0.156 e. The predicted molar refractivity (Wildman–Crippen MR) is 102 cm³/mol. The van der Waals surface area contributed by atoms with Gasteiger partial charge in [-0.2, -0.15) is 0 Å². The molecule has 0 fully saturated rings. The van der Waals surface area contributed by atoms with Crippen LogP contribution in [0.15, 0.2) is 47.0 Å². The Morgan fingerprint density at radius 1 is 1.04 bits per heavy atom. The third-order valence-electron chi connectivity index (χ3n) is 3.20. The van der Waals surface area contributed by atoms with Crippen molar-refractivity contribution in [3.05, 3.63) is 68.4 Å². The molecule has 7 heteroatoms. The molecule has 0 aliphatic carbocycles. The minimum atomic E-state index is -0.245. The van der Waals surface area contributed by atoms with Crippen LogP contribution in [0.3, 0.4) is 0 Å². The molecule has 2 rings (SSSR count). The molecule has 0 aromatic heterocycles. The lowest BCUT2D eigenvalue weighted by molar-refractivity contribution is 0.310. The molecule has 25 heavy (non-hydrogen) atoms. The second kappa shape index (κ2) is 10.1. The summed E-state index contributed by atoms with van der Waals surface area (Å²) in [5, 5.41) is 0.684. The molecular weight excluding hydrogens is 409 g/mol. The van der Waals surface area contributed by atoms with Crippen molar-refractivity contribution in [1.82, 2.24) is 0 Å². The summed E-state index contributed by atoms with van der Waals surface area (Å²) in [7, 11) is 0. The first-order chi connectivity index (χ1) is 12.0. The Kier molecular flexibility index (Phi) is 8.17. The number of ether oxygens (including phenoxy) is 2. The highest BCUT2D eigenvalue weighted by molar-refractivity contribution is 6.55. The van der Waals surface area contributed by atoms with Gasteiger partial charge in [0.25, 0.3) is 0 Å². The van der Waals surface area contributed by atoms with Gasteiger partial charge in [-0.3, -0.25) is 0 Å². The van der Waals surface area contributed by atoms with Gasteiger partial charge in [-0.05, 0) is 36.6 Å². The first-order valence-corrected chi connectivity index (χ1v) is 8.97. The van der Waals surface area contributed by atoms with E-state index in [2.05, 4.69) is 0 Å². The van der Waals surface area contributed by atoms with Crippen LogP contribution in [0.2, 0.25) is 10.0 Å². The van der Waals surface area contributed by atoms with Gasteiger partial charge in [0.15, 0.2) is 5.75 Å². The fourth-order valence-corrected chi connectivity index (χ4v) is 2.80. The van der Waals surface area contributed by atoms with E-state index in [-0.39, 0.29) is 16.9 Å². The molecule has 0 unspecified atom stereocenters. The Bertz CT molecular complexity index is 723. The summed E-state index contributed by atoms with van der Waals surface area (Å²) in [6.45, 7) is 0.601. The largest absolute Gasteiger partial charge is 0.490 e. The molecule has 2 aromatic rings. The lowest BCUT2D eigenvalue weighted by Crippen LogP contribution is -2.01. The molecule has 0 radical (unpaired) electrons. The Morgan fingerprint density at radius 2 is 1.76 bits per heavy atom. The molecule has 0 aliphatic rings. The maximum atomic E-state index is 13.1. The van der Waals surface area contributed by atoms with Crippen molar-refractivity contribution < 1.29 is 13.9 Å². The van der Waals surface area contributed by atoms with Crippen molar-refractivity contribution in [3.63, 3.8) is 0 Å². The number of benzene rings is 2. The van der Waals surface area contributed by atoms with Crippen molar-refractivity contribution in [3.8, 4) is 11.5 Å². The molecule has 0 amide bonds. The molecular formula is C18H15Cl4FO2. The smallest absolute Gasteiger partial charge is 0.156 e. The predicted octanol–water partition coefficient (Wildman–Crippen LogP) is 6.84. The van der Waals surface area contributed by atoms with Crippen LogP contribution < -0.4 is 9.47 Å². The zero-order valence-corrected chi connectivity index (χ0v) is 16.1. The summed E-state index contributed by atoms with van der Waals surface area (Å²) in [6.07, 6.45) is 2.90. The van der Waals surface area contributed by atoms with E-state index in [1.54, 1.807) is 18.2 Å². The van der Waals surface area contributed by atoms with E-state index < -0.39 is 0 Å². The summed E-state index contributed by atoms with van der Waals surface area (Å²) in [5.74, 6) is 0.624. The van der Waals surface area contributed by atoms with Gasteiger partial charge >= 0.3 is 0 Å². The number of rotatable bonds is 8. The van der Waals surface area contributed by atoms with E-state index in [4.69, 9.17) is 55.9 Å². The van der Waals surface area contributed by atoms with Crippen molar-refractivity contribution in [2.75, 3.05) is 13.2 Å². The third kappa shape index (κ3) is 6.95. The number of aryl methyl sites for hydroxylation is 1. The molecule has 0 heterocycles. The Labute approximate surface area is 166 Å². The Balaban J connectivity index is 1.88. The van der Waals surface area contributed by atoms with Crippen molar-refractivity contribution in [1.29, 1.82) is 0 Å². The van der Waals surface area contributed by atoms with Crippen LogP contribution in [-0.2, 0) is 6.42 Å². The van der Waals surface area contributed by atoms with Gasteiger partial charge in [-0.1, -0.05) is 58.5 Å². The van der Waals surface area contributed by atoms with E-state index in [1.807, 2.05) is 6.07 Å². The van der Waals surface area contributed by atoms with Crippen LogP contribution in [-0.4, -0.2) is 13.2 Å². The highest BCUT2D eigenvalue weighted by atomic mass is 35.5. The standard InChI is InChI=1S/C18H15Cl4FO2/c19-15-10-14(24-8-6-17(21)22)11-16(20)18(15)25-7-2-4-12-3-1-5-13(23)9-12/h1,3,5-6,9-11H,2,4,7-8H2. The van der Waals surface area contributed by atoms with E-state index >= 15 is 0 Å². The Morgan fingerprint density at radius 3 is 2.40 bits per heavy atom. The first kappa shape index (κ1) is 20.2. The normalized spacial score (nSPS) is 10.4. The Hall–Kier alpha value is -1.13. The molecule has 0 spiro atoms. The number of hydrogen-bond acceptors (Lipinski definition) is 2. The average Bonchev–Trinajstić information content (AvgIpc) is 2.53. The monoisotopic (exact) mass is 422 g/mol. The summed E-state index contributed by atoms with van der Waals surface area (Å²) < 4.78 is 24.3. The second-order valence-electron chi connectivity index (χ2n) is 5.10. The van der Waals surface area contributed by atoms with Crippen LogP contribution in [0.5, 0.6) is 11.5 Å². The van der Waals surface area contributed by atoms with Gasteiger partial charge in [0.1, 0.15) is 22.7 Å². The molecule has 2 nitrogen and oxygen atoms in total. The fourth-order valence-electron chi connectivity index (χ4n) is 2.10. The minimum absolute atomic E-state index is 0.121. The molecule has 0 saturated heterocycles. The van der Waals surface area contributed by atoms with Crippen LogP contribution in [0, 0.1) is 5.82 Å². The minimum Gasteiger partial charge on any atom is -0.490 e. The average molecular weight is 424 g/mol. The van der Waals surface area contributed by atoms with Crippen LogP contribution in [0.25, 0.3) is 0 Å². The molecule has 2 aromatic carbocycles.